The van der Waals surface area contributed by atoms with Gasteiger partial charge in [-0.1, -0.05) is 12.1 Å². The Morgan fingerprint density at radius 1 is 1.42 bits per heavy atom. The largest absolute Gasteiger partial charge is 0.497 e. The second-order valence-corrected chi connectivity index (χ2v) is 4.62. The average molecular weight is 263 g/mol. The third-order valence-corrected chi connectivity index (χ3v) is 3.36. The highest BCUT2D eigenvalue weighted by atomic mass is 16.5. The number of amides is 1. The van der Waals surface area contributed by atoms with E-state index in [1.807, 2.05) is 12.1 Å². The molecule has 5 heteroatoms. The smallest absolute Gasteiger partial charge is 0.326 e. The first-order valence-corrected chi connectivity index (χ1v) is 6.27. The lowest BCUT2D eigenvalue weighted by Gasteiger charge is -2.33. The van der Waals surface area contributed by atoms with E-state index in [-0.39, 0.29) is 5.91 Å². The molecule has 0 radical (unpaired) electrons. The fourth-order valence-corrected chi connectivity index (χ4v) is 2.30. The number of carbonyl (C=O) groups excluding carboxylic acids is 1. The maximum absolute atomic E-state index is 11.9. The van der Waals surface area contributed by atoms with Gasteiger partial charge < -0.3 is 14.7 Å². The molecule has 1 amide bonds. The number of hydrogen-bond acceptors (Lipinski definition) is 3. The van der Waals surface area contributed by atoms with Gasteiger partial charge >= 0.3 is 5.97 Å². The monoisotopic (exact) mass is 263 g/mol. The van der Waals surface area contributed by atoms with E-state index in [4.69, 9.17) is 4.74 Å². The predicted octanol–water partition coefficient (Wildman–Crippen LogP) is 1.66. The van der Waals surface area contributed by atoms with E-state index >= 15 is 0 Å². The second-order valence-electron chi connectivity index (χ2n) is 4.62. The molecule has 1 N–H and O–H groups in total. The summed E-state index contributed by atoms with van der Waals surface area (Å²) in [4.78, 5) is 24.5. The van der Waals surface area contributed by atoms with Gasteiger partial charge in [0.1, 0.15) is 11.8 Å². The maximum atomic E-state index is 11.9. The van der Waals surface area contributed by atoms with E-state index in [0.29, 0.717) is 25.8 Å². The molecule has 0 bridgehead atoms. The van der Waals surface area contributed by atoms with Gasteiger partial charge in [0.25, 0.3) is 0 Å². The number of carbonyl (C=O) groups is 2. The molecule has 1 aromatic carbocycles. The minimum atomic E-state index is -0.929. The summed E-state index contributed by atoms with van der Waals surface area (Å²) in [6.07, 6.45) is 1.60. The highest BCUT2D eigenvalue weighted by molar-refractivity contribution is 5.84. The quantitative estimate of drug-likeness (QED) is 0.897. The highest BCUT2D eigenvalue weighted by Gasteiger charge is 2.32. The molecule has 1 aromatic rings. The van der Waals surface area contributed by atoms with Crippen LogP contribution in [0.3, 0.4) is 0 Å². The molecule has 1 atom stereocenters. The number of methoxy groups -OCH3 is 1. The zero-order valence-electron chi connectivity index (χ0n) is 10.8. The van der Waals surface area contributed by atoms with Gasteiger partial charge in [0, 0.05) is 13.0 Å². The number of hydrogen-bond donors (Lipinski definition) is 1. The molecule has 0 unspecified atom stereocenters. The number of carboxylic acid groups (broad SMARTS) is 1. The Morgan fingerprint density at radius 2 is 2.11 bits per heavy atom. The van der Waals surface area contributed by atoms with Crippen LogP contribution in [0.15, 0.2) is 24.3 Å². The van der Waals surface area contributed by atoms with Crippen LogP contribution in [0.4, 0.5) is 0 Å². The number of likely N-dealkylation sites (tertiary alicyclic amines) is 1. The average Bonchev–Trinajstić information content (AvgIpc) is 2.41. The van der Waals surface area contributed by atoms with Crippen LogP contribution < -0.4 is 4.74 Å². The number of piperidine rings is 1. The van der Waals surface area contributed by atoms with Crippen molar-refractivity contribution in [3.63, 3.8) is 0 Å². The van der Waals surface area contributed by atoms with Gasteiger partial charge in [-0.2, -0.15) is 0 Å². The van der Waals surface area contributed by atoms with E-state index in [1.165, 1.54) is 4.90 Å². The fraction of sp³-hybridized carbons (Fsp3) is 0.429. The van der Waals surface area contributed by atoms with Crippen LogP contribution in [0.5, 0.6) is 5.75 Å². The SMILES string of the molecule is COc1ccc(CN2C(=O)CCC[C@H]2C(=O)O)cc1. The molecule has 19 heavy (non-hydrogen) atoms. The first-order valence-electron chi connectivity index (χ1n) is 6.27. The molecule has 1 heterocycles. The van der Waals surface area contributed by atoms with E-state index in [2.05, 4.69) is 0 Å². The Kier molecular flexibility index (Phi) is 4.04. The first kappa shape index (κ1) is 13.4. The Labute approximate surface area is 111 Å². The lowest BCUT2D eigenvalue weighted by atomic mass is 10.0. The van der Waals surface area contributed by atoms with Gasteiger partial charge in [0.2, 0.25) is 5.91 Å². The number of nitrogens with zero attached hydrogens (tertiary/aromatic N) is 1. The summed E-state index contributed by atoms with van der Waals surface area (Å²) in [5.74, 6) is -0.278. The van der Waals surface area contributed by atoms with Crippen LogP contribution in [-0.4, -0.2) is 35.0 Å². The molecule has 1 fully saturated rings. The summed E-state index contributed by atoms with van der Waals surface area (Å²) in [6.45, 7) is 0.333. The van der Waals surface area contributed by atoms with Crippen LogP contribution in [0.2, 0.25) is 0 Å². The van der Waals surface area contributed by atoms with Crippen molar-refractivity contribution < 1.29 is 19.4 Å². The lowest BCUT2D eigenvalue weighted by Crippen LogP contribution is -2.47. The zero-order chi connectivity index (χ0) is 13.8. The Hall–Kier alpha value is -2.04. The highest BCUT2D eigenvalue weighted by Crippen LogP contribution is 2.22. The van der Waals surface area contributed by atoms with Crippen molar-refractivity contribution in [3.8, 4) is 5.75 Å². The summed E-state index contributed by atoms with van der Waals surface area (Å²) < 4.78 is 5.06. The molecule has 102 valence electrons. The van der Waals surface area contributed by atoms with Crippen molar-refractivity contribution in [3.05, 3.63) is 29.8 Å². The van der Waals surface area contributed by atoms with Crippen LogP contribution in [0.25, 0.3) is 0 Å². The molecular formula is C14H17NO4. The molecular weight excluding hydrogens is 246 g/mol. The normalized spacial score (nSPS) is 19.3. The topological polar surface area (TPSA) is 66.8 Å². The van der Waals surface area contributed by atoms with Gasteiger partial charge in [0.15, 0.2) is 0 Å². The number of benzene rings is 1. The maximum Gasteiger partial charge on any atom is 0.326 e. The van der Waals surface area contributed by atoms with Crippen molar-refractivity contribution in [2.75, 3.05) is 7.11 Å². The number of carboxylic acids is 1. The molecule has 5 nitrogen and oxygen atoms in total. The summed E-state index contributed by atoms with van der Waals surface area (Å²) >= 11 is 0. The molecule has 0 aliphatic carbocycles. The first-order chi connectivity index (χ1) is 9.11. The van der Waals surface area contributed by atoms with Gasteiger partial charge in [-0.15, -0.1) is 0 Å². The Balaban J connectivity index is 2.13. The van der Waals surface area contributed by atoms with Gasteiger partial charge in [-0.3, -0.25) is 4.79 Å². The summed E-state index contributed by atoms with van der Waals surface area (Å²) in [5, 5.41) is 9.17. The van der Waals surface area contributed by atoms with Crippen LogP contribution >= 0.6 is 0 Å². The molecule has 1 aliphatic rings. The predicted molar refractivity (Wildman–Crippen MR) is 68.8 cm³/mol. The van der Waals surface area contributed by atoms with Crippen molar-refractivity contribution in [1.29, 1.82) is 0 Å². The lowest BCUT2D eigenvalue weighted by molar-refractivity contribution is -0.153. The van der Waals surface area contributed by atoms with E-state index in [0.717, 1.165) is 11.3 Å². The number of ether oxygens (including phenoxy) is 1. The van der Waals surface area contributed by atoms with E-state index in [1.54, 1.807) is 19.2 Å². The Morgan fingerprint density at radius 3 is 2.68 bits per heavy atom. The fourth-order valence-electron chi connectivity index (χ4n) is 2.30. The van der Waals surface area contributed by atoms with E-state index in [9.17, 15) is 14.7 Å². The van der Waals surface area contributed by atoms with Crippen LogP contribution in [-0.2, 0) is 16.1 Å². The second kappa shape index (κ2) is 5.73. The minimum Gasteiger partial charge on any atom is -0.497 e. The van der Waals surface area contributed by atoms with Crippen LogP contribution in [0, 0.1) is 0 Å². The van der Waals surface area contributed by atoms with Crippen molar-refractivity contribution in [1.82, 2.24) is 4.90 Å². The minimum absolute atomic E-state index is 0.0885. The molecule has 0 spiro atoms. The Bertz CT molecular complexity index is 469. The number of rotatable bonds is 4. The molecule has 2 rings (SSSR count). The van der Waals surface area contributed by atoms with Crippen molar-refractivity contribution in [2.45, 2.75) is 31.8 Å². The van der Waals surface area contributed by atoms with Gasteiger partial charge in [0.05, 0.1) is 7.11 Å². The van der Waals surface area contributed by atoms with E-state index < -0.39 is 12.0 Å². The summed E-state index contributed by atoms with van der Waals surface area (Å²) in [7, 11) is 1.59. The molecule has 1 aliphatic heterocycles. The third kappa shape index (κ3) is 3.05. The molecule has 0 saturated carbocycles. The summed E-state index contributed by atoms with van der Waals surface area (Å²) in [5.41, 5.74) is 0.905. The van der Waals surface area contributed by atoms with Gasteiger partial charge in [-0.25, -0.2) is 4.79 Å². The summed E-state index contributed by atoms with van der Waals surface area (Å²) in [6, 6.07) is 6.60. The number of aliphatic carboxylic acids is 1. The molecule has 1 saturated heterocycles. The standard InChI is InChI=1S/C14H17NO4/c1-19-11-7-5-10(6-8-11)9-15-12(14(17)18)3-2-4-13(15)16/h5-8,12H,2-4,9H2,1H3,(H,17,18)/t12-/m0/s1. The van der Waals surface area contributed by atoms with Gasteiger partial charge in [-0.05, 0) is 30.5 Å². The third-order valence-electron chi connectivity index (χ3n) is 3.36. The van der Waals surface area contributed by atoms with Crippen molar-refractivity contribution >= 4 is 11.9 Å². The van der Waals surface area contributed by atoms with Crippen LogP contribution in [0.1, 0.15) is 24.8 Å². The molecule has 0 aromatic heterocycles. The van der Waals surface area contributed by atoms with Crippen molar-refractivity contribution in [2.24, 2.45) is 0 Å². The zero-order valence-corrected chi connectivity index (χ0v) is 10.8.